The van der Waals surface area contributed by atoms with Crippen LogP contribution in [0.2, 0.25) is 0 Å². The van der Waals surface area contributed by atoms with E-state index in [4.69, 9.17) is 0 Å². The third kappa shape index (κ3) is 5.64. The molecule has 0 spiro atoms. The Balaban J connectivity index is 0.00000163. The highest BCUT2D eigenvalue weighted by molar-refractivity contribution is 5.95. The Labute approximate surface area is 156 Å². The zero-order valence-corrected chi connectivity index (χ0v) is 17.0. The molecule has 1 aliphatic carbocycles. The molecule has 0 saturated heterocycles. The number of fused-ring (bicyclic) bond motifs is 1. The van der Waals surface area contributed by atoms with Crippen molar-refractivity contribution in [2.45, 2.75) is 67.2 Å². The third-order valence-corrected chi connectivity index (χ3v) is 4.00. The fourth-order valence-corrected chi connectivity index (χ4v) is 2.34. The highest BCUT2D eigenvalue weighted by Gasteiger charge is 2.27. The third-order valence-electron chi connectivity index (χ3n) is 4.00. The van der Waals surface area contributed by atoms with Gasteiger partial charge in [0.05, 0.1) is 5.69 Å². The maximum Gasteiger partial charge on any atom is 0.232 e. The Bertz CT molecular complexity index is 670. The molecule has 144 valence electrons. The van der Waals surface area contributed by atoms with Gasteiger partial charge in [0.15, 0.2) is 0 Å². The summed E-state index contributed by atoms with van der Waals surface area (Å²) in [5.74, 6) is 0.553. The predicted molar refractivity (Wildman–Crippen MR) is 106 cm³/mol. The van der Waals surface area contributed by atoms with Gasteiger partial charge in [-0.1, -0.05) is 41.5 Å². The van der Waals surface area contributed by atoms with Gasteiger partial charge >= 0.3 is 0 Å². The van der Waals surface area contributed by atoms with E-state index in [0.717, 1.165) is 36.9 Å². The molecule has 6 nitrogen and oxygen atoms in total. The lowest BCUT2D eigenvalue weighted by Gasteiger charge is -2.23. The lowest BCUT2D eigenvalue weighted by molar-refractivity contribution is -0.123. The van der Waals surface area contributed by atoms with E-state index in [1.54, 1.807) is 0 Å². The number of amides is 2. The number of hydrogen-bond donors (Lipinski definition) is 2. The minimum atomic E-state index is -0.534. The number of carbonyl (C=O) groups is 2. The van der Waals surface area contributed by atoms with Crippen LogP contribution in [0.25, 0.3) is 0 Å². The Morgan fingerprint density at radius 3 is 1.88 bits per heavy atom. The van der Waals surface area contributed by atoms with Crippen LogP contribution in [-0.2, 0) is 22.4 Å². The first-order valence-corrected chi connectivity index (χ1v) is 9.01. The molecule has 0 atom stereocenters. The average molecular weight is 361 g/mol. The summed E-state index contributed by atoms with van der Waals surface area (Å²) >= 11 is 0. The van der Waals surface area contributed by atoms with E-state index in [2.05, 4.69) is 33.8 Å². The number of nitrogens with zero attached hydrogens (tertiary/aromatic N) is 2. The smallest absolute Gasteiger partial charge is 0.232 e. The van der Waals surface area contributed by atoms with E-state index in [1.165, 1.54) is 0 Å². The first-order chi connectivity index (χ1) is 12.0. The molecule has 0 unspecified atom stereocenters. The molecule has 1 aromatic heterocycles. The van der Waals surface area contributed by atoms with Crippen LogP contribution in [0.5, 0.6) is 0 Å². The molecular weight excluding hydrogens is 328 g/mol. The molecule has 0 fully saturated rings. The molecule has 0 radical (unpaired) electrons. The van der Waals surface area contributed by atoms with Crippen molar-refractivity contribution in [3.63, 3.8) is 0 Å². The van der Waals surface area contributed by atoms with Crippen molar-refractivity contribution in [3.05, 3.63) is 24.4 Å². The molecule has 26 heavy (non-hydrogen) atoms. The number of hydrogen-bond acceptors (Lipinski definition) is 4. The van der Waals surface area contributed by atoms with Crippen LogP contribution >= 0.6 is 0 Å². The molecule has 6 heteroatoms. The van der Waals surface area contributed by atoms with Gasteiger partial charge in [-0.3, -0.25) is 14.9 Å². The van der Waals surface area contributed by atoms with Crippen LogP contribution in [0.4, 0.5) is 11.8 Å². The van der Waals surface area contributed by atoms with E-state index in [-0.39, 0.29) is 17.8 Å². The number of nitrogens with one attached hydrogen (secondary N) is 2. The topological polar surface area (TPSA) is 84.0 Å². The second-order valence-corrected chi connectivity index (χ2v) is 8.44. The molecule has 0 saturated carbocycles. The number of anilines is 2. The fraction of sp³-hybridized carbons (Fsp3) is 0.600. The standard InChI is InChI=1S/C18H28N4O2.C2H4/c1-17(2,3)14(23)20-13-11-9-7-8-10-12(11)19-16(21-13)22-15(24)18(4,5)6;1-2/h7-10H2,1-6H3,(H2,19,20,21,22,23,24);1-2H2. The summed E-state index contributed by atoms with van der Waals surface area (Å²) in [6.07, 6.45) is 3.81. The maximum absolute atomic E-state index is 12.4. The molecule has 0 aliphatic heterocycles. The van der Waals surface area contributed by atoms with E-state index in [0.29, 0.717) is 5.82 Å². The molecule has 2 rings (SSSR count). The molecule has 2 amide bonds. The summed E-state index contributed by atoms with van der Waals surface area (Å²) in [4.78, 5) is 33.5. The normalized spacial score (nSPS) is 13.8. The van der Waals surface area contributed by atoms with E-state index < -0.39 is 10.8 Å². The summed E-state index contributed by atoms with van der Waals surface area (Å²) in [7, 11) is 0. The van der Waals surface area contributed by atoms with E-state index in [1.807, 2.05) is 41.5 Å². The van der Waals surface area contributed by atoms with E-state index >= 15 is 0 Å². The lowest BCUT2D eigenvalue weighted by Crippen LogP contribution is -2.31. The second kappa shape index (κ2) is 8.43. The summed E-state index contributed by atoms with van der Waals surface area (Å²) in [6.45, 7) is 17.1. The molecule has 0 aromatic carbocycles. The summed E-state index contributed by atoms with van der Waals surface area (Å²) < 4.78 is 0. The summed E-state index contributed by atoms with van der Waals surface area (Å²) in [5.41, 5.74) is 0.868. The highest BCUT2D eigenvalue weighted by atomic mass is 16.2. The maximum atomic E-state index is 12.4. The molecule has 1 heterocycles. The Morgan fingerprint density at radius 2 is 1.35 bits per heavy atom. The zero-order valence-electron chi connectivity index (χ0n) is 17.0. The van der Waals surface area contributed by atoms with E-state index in [9.17, 15) is 9.59 Å². The molecule has 1 aromatic rings. The Kier molecular flexibility index (Phi) is 7.07. The van der Waals surface area contributed by atoms with Crippen molar-refractivity contribution in [3.8, 4) is 0 Å². The van der Waals surface area contributed by atoms with Gasteiger partial charge in [-0.25, -0.2) is 4.98 Å². The monoisotopic (exact) mass is 360 g/mol. The largest absolute Gasteiger partial charge is 0.310 e. The Morgan fingerprint density at radius 1 is 0.846 bits per heavy atom. The number of aryl methyl sites for hydroxylation is 1. The van der Waals surface area contributed by atoms with Crippen molar-refractivity contribution < 1.29 is 9.59 Å². The zero-order chi connectivity index (χ0) is 20.1. The minimum Gasteiger partial charge on any atom is -0.310 e. The van der Waals surface area contributed by atoms with Gasteiger partial charge in [-0.2, -0.15) is 4.98 Å². The Hall–Kier alpha value is -2.24. The van der Waals surface area contributed by atoms with Gasteiger partial charge in [0, 0.05) is 16.4 Å². The van der Waals surface area contributed by atoms with Crippen molar-refractivity contribution in [1.82, 2.24) is 9.97 Å². The van der Waals surface area contributed by atoms with Gasteiger partial charge in [-0.05, 0) is 25.7 Å². The van der Waals surface area contributed by atoms with Gasteiger partial charge in [0.25, 0.3) is 0 Å². The quantitative estimate of drug-likeness (QED) is 0.777. The number of aromatic nitrogens is 2. The van der Waals surface area contributed by atoms with Crippen molar-refractivity contribution in [2.24, 2.45) is 10.8 Å². The SMILES string of the molecule is C=C.CC(C)(C)C(=O)Nc1nc2c(c(NC(=O)C(C)(C)C)n1)CCCC2. The van der Waals surface area contributed by atoms with Crippen LogP contribution in [-0.4, -0.2) is 21.8 Å². The van der Waals surface area contributed by atoms with Crippen LogP contribution < -0.4 is 10.6 Å². The first kappa shape index (κ1) is 21.8. The predicted octanol–water partition coefficient (Wildman–Crippen LogP) is 4.13. The summed E-state index contributed by atoms with van der Waals surface area (Å²) in [6, 6.07) is 0. The van der Waals surface area contributed by atoms with Gasteiger partial charge < -0.3 is 5.32 Å². The molecule has 1 aliphatic rings. The van der Waals surface area contributed by atoms with Crippen LogP contribution in [0.3, 0.4) is 0 Å². The molecule has 2 N–H and O–H groups in total. The number of rotatable bonds is 2. The lowest BCUT2D eigenvalue weighted by atomic mass is 9.94. The van der Waals surface area contributed by atoms with Crippen LogP contribution in [0.15, 0.2) is 13.2 Å². The summed E-state index contributed by atoms with van der Waals surface area (Å²) in [5, 5.41) is 5.69. The first-order valence-electron chi connectivity index (χ1n) is 9.01. The highest BCUT2D eigenvalue weighted by Crippen LogP contribution is 2.28. The van der Waals surface area contributed by atoms with Gasteiger partial charge in [-0.15, -0.1) is 13.2 Å². The van der Waals surface area contributed by atoms with Crippen molar-refractivity contribution >= 4 is 23.6 Å². The minimum absolute atomic E-state index is 0.0953. The van der Waals surface area contributed by atoms with Crippen LogP contribution in [0.1, 0.15) is 65.6 Å². The molecule has 0 bridgehead atoms. The number of carbonyl (C=O) groups excluding carboxylic acids is 2. The molecular formula is C20H32N4O2. The van der Waals surface area contributed by atoms with Crippen LogP contribution in [0, 0.1) is 10.8 Å². The second-order valence-electron chi connectivity index (χ2n) is 8.44. The van der Waals surface area contributed by atoms with Crippen molar-refractivity contribution in [2.75, 3.05) is 10.6 Å². The van der Waals surface area contributed by atoms with Gasteiger partial charge in [0.1, 0.15) is 5.82 Å². The fourth-order valence-electron chi connectivity index (χ4n) is 2.34. The average Bonchev–Trinajstić information content (AvgIpc) is 2.55. The van der Waals surface area contributed by atoms with Gasteiger partial charge in [0.2, 0.25) is 17.8 Å². The van der Waals surface area contributed by atoms with Crippen molar-refractivity contribution in [1.29, 1.82) is 0 Å².